The van der Waals surface area contributed by atoms with Crippen molar-refractivity contribution < 1.29 is 15.0 Å². The molecule has 11 nitrogen and oxygen atoms in total. The maximum Gasteiger partial charge on any atom is 0.235 e. The van der Waals surface area contributed by atoms with Crippen LogP contribution in [0.4, 0.5) is 5.82 Å². The van der Waals surface area contributed by atoms with Crippen molar-refractivity contribution >= 4 is 34.7 Å². The lowest BCUT2D eigenvalue weighted by Gasteiger charge is -2.23. The average molecular weight is 493 g/mol. The van der Waals surface area contributed by atoms with E-state index < -0.39 is 22.8 Å². The van der Waals surface area contributed by atoms with Crippen LogP contribution in [0.2, 0.25) is 0 Å². The molecule has 0 aromatic carbocycles. The minimum Gasteiger partial charge on any atom is -0.389 e. The predicted octanol–water partition coefficient (Wildman–Crippen LogP) is 0.905. The zero-order valence-corrected chi connectivity index (χ0v) is 19.7. The molecule has 0 spiro atoms. The highest BCUT2D eigenvalue weighted by atomic mass is 32.2. The number of aliphatic hydroxyl groups is 2. The molecular formula is C23H24N8O3S. The maximum absolute atomic E-state index is 12.2. The van der Waals surface area contributed by atoms with E-state index in [1.54, 1.807) is 23.3 Å². The van der Waals surface area contributed by atoms with E-state index >= 15 is 0 Å². The van der Waals surface area contributed by atoms with Crippen LogP contribution in [-0.2, 0) is 17.9 Å². The Kier molecular flexibility index (Phi) is 6.57. The van der Waals surface area contributed by atoms with Gasteiger partial charge in [-0.3, -0.25) is 19.3 Å². The molecule has 1 aliphatic heterocycles. The first-order valence-electron chi connectivity index (χ1n) is 11.0. The highest BCUT2D eigenvalue weighted by Crippen LogP contribution is 2.43. The van der Waals surface area contributed by atoms with Gasteiger partial charge in [-0.1, -0.05) is 12.1 Å². The summed E-state index contributed by atoms with van der Waals surface area (Å²) < 4.78 is 1.68. The van der Waals surface area contributed by atoms with Gasteiger partial charge in [0.15, 0.2) is 17.0 Å². The summed E-state index contributed by atoms with van der Waals surface area (Å²) >= 11 is 1.17. The van der Waals surface area contributed by atoms with Gasteiger partial charge in [0.05, 0.1) is 30.8 Å². The molecule has 0 saturated carbocycles. The number of amides is 1. The van der Waals surface area contributed by atoms with Gasteiger partial charge in [0.2, 0.25) is 5.91 Å². The number of carbonyl (C=O) groups is 1. The molecule has 4 aromatic heterocycles. The second-order valence-corrected chi connectivity index (χ2v) is 9.33. The van der Waals surface area contributed by atoms with Gasteiger partial charge < -0.3 is 20.4 Å². The Morgan fingerprint density at radius 3 is 2.29 bits per heavy atom. The van der Waals surface area contributed by atoms with Crippen molar-refractivity contribution in [2.24, 2.45) is 0 Å². The molecule has 0 bridgehead atoms. The number of nitrogens with one attached hydrogen (secondary N) is 1. The van der Waals surface area contributed by atoms with Gasteiger partial charge >= 0.3 is 0 Å². The molecule has 180 valence electrons. The third-order valence-electron chi connectivity index (χ3n) is 5.81. The Hall–Kier alpha value is -3.61. The van der Waals surface area contributed by atoms with Crippen LogP contribution in [0, 0.1) is 0 Å². The smallest absolute Gasteiger partial charge is 0.235 e. The highest BCUT2D eigenvalue weighted by Gasteiger charge is 2.47. The largest absolute Gasteiger partial charge is 0.389 e. The number of nitrogens with zero attached hydrogens (tertiary/aromatic N) is 7. The first kappa shape index (κ1) is 23.1. The van der Waals surface area contributed by atoms with Crippen molar-refractivity contribution in [1.29, 1.82) is 0 Å². The van der Waals surface area contributed by atoms with Gasteiger partial charge in [-0.25, -0.2) is 15.0 Å². The van der Waals surface area contributed by atoms with E-state index in [1.165, 1.54) is 25.1 Å². The van der Waals surface area contributed by atoms with E-state index in [-0.39, 0.29) is 5.91 Å². The maximum atomic E-state index is 12.2. The molecule has 0 aliphatic carbocycles. The lowest BCUT2D eigenvalue weighted by molar-refractivity contribution is -0.122. The first-order chi connectivity index (χ1) is 17.1. The zero-order valence-electron chi connectivity index (χ0n) is 18.8. The first-order valence-corrected chi connectivity index (χ1v) is 12.0. The number of rotatable bonds is 7. The van der Waals surface area contributed by atoms with Crippen LogP contribution in [0.25, 0.3) is 11.2 Å². The van der Waals surface area contributed by atoms with E-state index in [9.17, 15) is 15.0 Å². The average Bonchev–Trinajstić information content (AvgIpc) is 3.45. The Balaban J connectivity index is 1.52. The SMILES string of the molecule is CNC(=O)[C@H]1S[C@@H](n2cnc3c(N(Cc4ccccn4)Cc4ccccn4)ncnc32)C(O)C1O. The molecule has 1 amide bonds. The molecule has 35 heavy (non-hydrogen) atoms. The van der Waals surface area contributed by atoms with Crippen molar-refractivity contribution in [3.05, 3.63) is 72.8 Å². The Labute approximate surface area is 205 Å². The monoisotopic (exact) mass is 492 g/mol. The summed E-state index contributed by atoms with van der Waals surface area (Å²) in [4.78, 5) is 36.6. The standard InChI is InChI=1S/C23H24N8O3S/c1-24-22(34)19-17(32)18(33)23(35-19)31-13-29-16-20(27-12-28-21(16)31)30(10-14-6-2-4-8-25-14)11-15-7-3-5-9-26-15/h2-9,12-13,17-19,23,32-33H,10-11H2,1H3,(H,24,34)/t17?,18?,19-,23+/m0/s1. The van der Waals surface area contributed by atoms with E-state index in [1.807, 2.05) is 41.3 Å². The van der Waals surface area contributed by atoms with Crippen LogP contribution < -0.4 is 10.2 Å². The highest BCUT2D eigenvalue weighted by molar-refractivity contribution is 8.01. The third kappa shape index (κ3) is 4.55. The fourth-order valence-electron chi connectivity index (χ4n) is 4.09. The summed E-state index contributed by atoms with van der Waals surface area (Å²) in [6.07, 6.45) is 4.10. The van der Waals surface area contributed by atoms with E-state index in [0.29, 0.717) is 30.1 Å². The van der Waals surface area contributed by atoms with E-state index in [2.05, 4.69) is 30.2 Å². The summed E-state index contributed by atoms with van der Waals surface area (Å²) in [5, 5.41) is 22.2. The Morgan fingerprint density at radius 1 is 1.00 bits per heavy atom. The number of imidazole rings is 1. The quantitative estimate of drug-likeness (QED) is 0.341. The predicted molar refractivity (Wildman–Crippen MR) is 130 cm³/mol. The second kappa shape index (κ2) is 9.94. The Bertz CT molecular complexity index is 1260. The zero-order chi connectivity index (χ0) is 24.4. The number of fused-ring (bicyclic) bond motifs is 1. The van der Waals surface area contributed by atoms with Crippen molar-refractivity contribution in [3.8, 4) is 0 Å². The lowest BCUT2D eigenvalue weighted by Crippen LogP contribution is -2.39. The van der Waals surface area contributed by atoms with Gasteiger partial charge in [0.25, 0.3) is 0 Å². The summed E-state index contributed by atoms with van der Waals surface area (Å²) in [5.74, 6) is 0.242. The minimum atomic E-state index is -1.21. The van der Waals surface area contributed by atoms with Crippen molar-refractivity contribution in [3.63, 3.8) is 0 Å². The van der Waals surface area contributed by atoms with Crippen LogP contribution in [0.15, 0.2) is 61.4 Å². The molecule has 1 fully saturated rings. The van der Waals surface area contributed by atoms with Crippen LogP contribution >= 0.6 is 11.8 Å². The van der Waals surface area contributed by atoms with Gasteiger partial charge in [-0.05, 0) is 24.3 Å². The molecule has 4 atom stereocenters. The normalized spacial score (nSPS) is 21.8. The number of aromatic nitrogens is 6. The number of aliphatic hydroxyl groups excluding tert-OH is 2. The Morgan fingerprint density at radius 2 is 1.69 bits per heavy atom. The molecule has 1 saturated heterocycles. The number of thioether (sulfide) groups is 1. The van der Waals surface area contributed by atoms with Gasteiger partial charge in [0, 0.05) is 19.4 Å². The molecule has 5 heterocycles. The topological polar surface area (TPSA) is 142 Å². The molecule has 12 heteroatoms. The molecule has 1 aliphatic rings. The van der Waals surface area contributed by atoms with Crippen LogP contribution in [0.3, 0.4) is 0 Å². The lowest BCUT2D eigenvalue weighted by atomic mass is 10.1. The molecule has 5 rings (SSSR count). The fraction of sp³-hybridized carbons (Fsp3) is 0.304. The van der Waals surface area contributed by atoms with Gasteiger partial charge in [0.1, 0.15) is 29.2 Å². The minimum absolute atomic E-state index is 0.347. The van der Waals surface area contributed by atoms with E-state index in [4.69, 9.17) is 0 Å². The fourth-order valence-corrected chi connectivity index (χ4v) is 5.56. The van der Waals surface area contributed by atoms with Crippen molar-refractivity contribution in [1.82, 2.24) is 34.8 Å². The van der Waals surface area contributed by atoms with Gasteiger partial charge in [-0.15, -0.1) is 11.8 Å². The number of hydrogen-bond acceptors (Lipinski definition) is 10. The van der Waals surface area contributed by atoms with Crippen LogP contribution in [0.5, 0.6) is 0 Å². The summed E-state index contributed by atoms with van der Waals surface area (Å²) in [6.45, 7) is 0.934. The second-order valence-electron chi connectivity index (χ2n) is 8.06. The molecule has 0 radical (unpaired) electrons. The van der Waals surface area contributed by atoms with Gasteiger partial charge in [-0.2, -0.15) is 0 Å². The third-order valence-corrected chi connectivity index (χ3v) is 7.39. The van der Waals surface area contributed by atoms with Crippen LogP contribution in [-0.4, -0.2) is 70.1 Å². The molecule has 2 unspecified atom stereocenters. The van der Waals surface area contributed by atoms with Crippen molar-refractivity contribution in [2.45, 2.75) is 35.9 Å². The number of carbonyl (C=O) groups excluding carboxylic acids is 1. The molecular weight excluding hydrogens is 468 g/mol. The summed E-state index contributed by atoms with van der Waals surface area (Å²) in [5.41, 5.74) is 2.73. The molecule has 4 aromatic rings. The van der Waals surface area contributed by atoms with E-state index in [0.717, 1.165) is 11.4 Å². The number of hydrogen-bond donors (Lipinski definition) is 3. The number of anilines is 1. The molecule has 3 N–H and O–H groups in total. The summed E-state index contributed by atoms with van der Waals surface area (Å²) in [7, 11) is 1.50. The summed E-state index contributed by atoms with van der Waals surface area (Å²) in [6, 6.07) is 11.5. The van der Waals surface area contributed by atoms with Crippen LogP contribution in [0.1, 0.15) is 16.8 Å². The van der Waals surface area contributed by atoms with Crippen molar-refractivity contribution in [2.75, 3.05) is 11.9 Å². The number of pyridine rings is 2.